The molecule has 176 valence electrons. The summed E-state index contributed by atoms with van der Waals surface area (Å²) in [5.41, 5.74) is 2.61. The second kappa shape index (κ2) is 9.71. The number of thiophene rings is 1. The van der Waals surface area contributed by atoms with Gasteiger partial charge in [0, 0.05) is 38.8 Å². The van der Waals surface area contributed by atoms with E-state index in [2.05, 4.69) is 26.7 Å². The molecule has 5 rings (SSSR count). The maximum Gasteiger partial charge on any atom is 0.263 e. The highest BCUT2D eigenvalue weighted by molar-refractivity contribution is 7.92. The summed E-state index contributed by atoms with van der Waals surface area (Å²) in [6.07, 6.45) is 0. The molecule has 0 bridgehead atoms. The molecule has 0 atom stereocenters. The molecule has 0 radical (unpaired) electrons. The minimum atomic E-state index is -3.78. The summed E-state index contributed by atoms with van der Waals surface area (Å²) in [5.74, 6) is 0.399. The second-order valence-corrected chi connectivity index (χ2v) is 11.1. The van der Waals surface area contributed by atoms with Crippen LogP contribution in [0.15, 0.2) is 83.1 Å². The SMILES string of the molecule is CN1CCN(Cc2ccc(S(=O)(=O)Nc3cc(-c4cccs4)nn3-c3ccccc3)cc2)CC1. The summed E-state index contributed by atoms with van der Waals surface area (Å²) in [6, 6.07) is 22.4. The van der Waals surface area contributed by atoms with Crippen molar-refractivity contribution in [2.75, 3.05) is 37.9 Å². The van der Waals surface area contributed by atoms with Gasteiger partial charge in [-0.05, 0) is 48.3 Å². The molecule has 1 aliphatic heterocycles. The van der Waals surface area contributed by atoms with E-state index < -0.39 is 10.0 Å². The third-order valence-corrected chi connectivity index (χ3v) is 8.22. The van der Waals surface area contributed by atoms with Crippen LogP contribution in [-0.2, 0) is 16.6 Å². The molecule has 1 aliphatic rings. The summed E-state index contributed by atoms with van der Waals surface area (Å²) in [4.78, 5) is 5.92. The van der Waals surface area contributed by atoms with Crippen molar-refractivity contribution in [1.82, 2.24) is 19.6 Å². The van der Waals surface area contributed by atoms with E-state index in [-0.39, 0.29) is 4.90 Å². The van der Waals surface area contributed by atoms with Gasteiger partial charge >= 0.3 is 0 Å². The first-order valence-electron chi connectivity index (χ1n) is 11.2. The molecule has 2 aromatic carbocycles. The summed E-state index contributed by atoms with van der Waals surface area (Å²) in [5, 5.41) is 6.65. The lowest BCUT2D eigenvalue weighted by Crippen LogP contribution is -2.43. The van der Waals surface area contributed by atoms with Crippen LogP contribution in [0.3, 0.4) is 0 Å². The van der Waals surface area contributed by atoms with E-state index in [1.165, 1.54) is 0 Å². The number of para-hydroxylation sites is 1. The topological polar surface area (TPSA) is 70.5 Å². The standard InChI is InChI=1S/C25H27N5O2S2/c1-28-13-15-29(16-14-28)19-20-9-11-22(12-10-20)34(31,32)27-25-18-23(24-8-5-17-33-24)26-30(25)21-6-3-2-4-7-21/h2-12,17-18,27H,13-16,19H2,1H3. The first kappa shape index (κ1) is 22.8. The molecule has 4 aromatic rings. The minimum absolute atomic E-state index is 0.230. The molecule has 7 nitrogen and oxygen atoms in total. The third kappa shape index (κ3) is 5.07. The normalized spacial score (nSPS) is 15.4. The first-order chi connectivity index (χ1) is 16.5. The van der Waals surface area contributed by atoms with Gasteiger partial charge in [-0.25, -0.2) is 13.1 Å². The summed E-state index contributed by atoms with van der Waals surface area (Å²) in [7, 11) is -1.65. The Morgan fingerprint density at radius 3 is 2.35 bits per heavy atom. The van der Waals surface area contributed by atoms with Gasteiger partial charge in [-0.3, -0.25) is 9.62 Å². The third-order valence-electron chi connectivity index (χ3n) is 5.96. The average molecular weight is 494 g/mol. The van der Waals surface area contributed by atoms with E-state index in [4.69, 9.17) is 0 Å². The predicted octanol–water partition coefficient (Wildman–Crippen LogP) is 4.15. The maximum atomic E-state index is 13.3. The molecular weight excluding hydrogens is 466 g/mol. The summed E-state index contributed by atoms with van der Waals surface area (Å²) < 4.78 is 30.9. The highest BCUT2D eigenvalue weighted by Gasteiger charge is 2.20. The fourth-order valence-electron chi connectivity index (χ4n) is 4.00. The van der Waals surface area contributed by atoms with Crippen molar-refractivity contribution in [1.29, 1.82) is 0 Å². The van der Waals surface area contributed by atoms with Crippen LogP contribution in [0.25, 0.3) is 16.3 Å². The lowest BCUT2D eigenvalue weighted by molar-refractivity contribution is 0.148. The van der Waals surface area contributed by atoms with Crippen LogP contribution in [0, 0.1) is 0 Å². The molecule has 0 aliphatic carbocycles. The number of benzene rings is 2. The Bertz CT molecular complexity index is 1330. The maximum absolute atomic E-state index is 13.3. The average Bonchev–Trinajstić information content (AvgIpc) is 3.52. The van der Waals surface area contributed by atoms with Gasteiger partial charge in [0.05, 0.1) is 15.5 Å². The Kier molecular flexibility index (Phi) is 6.51. The van der Waals surface area contributed by atoms with Gasteiger partial charge in [0.1, 0.15) is 11.5 Å². The summed E-state index contributed by atoms with van der Waals surface area (Å²) >= 11 is 1.56. The molecule has 1 fully saturated rings. The monoisotopic (exact) mass is 493 g/mol. The molecule has 0 amide bonds. The number of anilines is 1. The van der Waals surface area contributed by atoms with Gasteiger partial charge in [0.15, 0.2) is 0 Å². The Hall–Kier alpha value is -2.98. The molecule has 2 aromatic heterocycles. The van der Waals surface area contributed by atoms with Crippen LogP contribution in [0.2, 0.25) is 0 Å². The van der Waals surface area contributed by atoms with E-state index >= 15 is 0 Å². The number of hydrogen-bond donors (Lipinski definition) is 1. The molecule has 0 unspecified atom stereocenters. The van der Waals surface area contributed by atoms with Crippen LogP contribution in [0.5, 0.6) is 0 Å². The molecule has 1 saturated heterocycles. The minimum Gasteiger partial charge on any atom is -0.304 e. The van der Waals surface area contributed by atoms with E-state index in [0.29, 0.717) is 5.82 Å². The number of rotatable bonds is 7. The van der Waals surface area contributed by atoms with Crippen LogP contribution in [-0.4, -0.2) is 61.2 Å². The van der Waals surface area contributed by atoms with Crippen molar-refractivity contribution in [2.45, 2.75) is 11.4 Å². The quantitative estimate of drug-likeness (QED) is 0.419. The zero-order valence-electron chi connectivity index (χ0n) is 19.0. The number of sulfonamides is 1. The summed E-state index contributed by atoms with van der Waals surface area (Å²) in [6.45, 7) is 4.98. The Balaban J connectivity index is 1.38. The fourth-order valence-corrected chi connectivity index (χ4v) is 5.71. The van der Waals surface area contributed by atoms with Crippen LogP contribution in [0.1, 0.15) is 5.56 Å². The molecule has 34 heavy (non-hydrogen) atoms. The van der Waals surface area contributed by atoms with E-state index in [9.17, 15) is 8.42 Å². The number of nitrogens with zero attached hydrogens (tertiary/aromatic N) is 4. The fraction of sp³-hybridized carbons (Fsp3) is 0.240. The van der Waals surface area contributed by atoms with Crippen molar-refractivity contribution >= 4 is 27.2 Å². The Morgan fingerprint density at radius 2 is 1.68 bits per heavy atom. The molecule has 0 spiro atoms. The van der Waals surface area contributed by atoms with Crippen LogP contribution < -0.4 is 4.72 Å². The van der Waals surface area contributed by atoms with Gasteiger partial charge in [-0.15, -0.1) is 11.3 Å². The lowest BCUT2D eigenvalue weighted by Gasteiger charge is -2.32. The Morgan fingerprint density at radius 1 is 0.941 bits per heavy atom. The number of likely N-dealkylation sites (N-methyl/N-ethyl adjacent to an activating group) is 1. The van der Waals surface area contributed by atoms with E-state index in [1.807, 2.05) is 60.0 Å². The molecule has 9 heteroatoms. The number of aromatic nitrogens is 2. The predicted molar refractivity (Wildman–Crippen MR) is 137 cm³/mol. The molecule has 3 heterocycles. The van der Waals surface area contributed by atoms with Gasteiger partial charge in [-0.1, -0.05) is 36.4 Å². The molecular formula is C25H27N5O2S2. The van der Waals surface area contributed by atoms with Gasteiger partial charge < -0.3 is 4.90 Å². The van der Waals surface area contributed by atoms with E-state index in [1.54, 1.807) is 34.2 Å². The molecule has 0 saturated carbocycles. The van der Waals surface area contributed by atoms with Crippen LogP contribution >= 0.6 is 11.3 Å². The molecule has 1 N–H and O–H groups in total. The largest absolute Gasteiger partial charge is 0.304 e. The van der Waals surface area contributed by atoms with Crippen molar-refractivity contribution in [3.05, 3.63) is 83.7 Å². The van der Waals surface area contributed by atoms with Gasteiger partial charge in [0.25, 0.3) is 10.0 Å². The highest BCUT2D eigenvalue weighted by atomic mass is 32.2. The van der Waals surface area contributed by atoms with Gasteiger partial charge in [-0.2, -0.15) is 5.10 Å². The smallest absolute Gasteiger partial charge is 0.263 e. The van der Waals surface area contributed by atoms with Crippen molar-refractivity contribution in [2.24, 2.45) is 0 Å². The van der Waals surface area contributed by atoms with Crippen molar-refractivity contribution in [3.63, 3.8) is 0 Å². The second-order valence-electron chi connectivity index (χ2n) is 8.47. The lowest BCUT2D eigenvalue weighted by atomic mass is 10.2. The zero-order valence-corrected chi connectivity index (χ0v) is 20.6. The van der Waals surface area contributed by atoms with Gasteiger partial charge in [0.2, 0.25) is 0 Å². The first-order valence-corrected chi connectivity index (χ1v) is 13.6. The van der Waals surface area contributed by atoms with Crippen molar-refractivity contribution < 1.29 is 8.42 Å². The Labute approximate surface area is 204 Å². The number of piperazine rings is 1. The highest BCUT2D eigenvalue weighted by Crippen LogP contribution is 2.29. The van der Waals surface area contributed by atoms with Crippen LogP contribution in [0.4, 0.5) is 5.82 Å². The van der Waals surface area contributed by atoms with E-state index in [0.717, 1.165) is 54.5 Å². The zero-order chi connectivity index (χ0) is 23.5. The number of hydrogen-bond acceptors (Lipinski definition) is 6. The van der Waals surface area contributed by atoms with Crippen molar-refractivity contribution in [3.8, 4) is 16.3 Å². The number of nitrogens with one attached hydrogen (secondary N) is 1.